The molecular formula is C15H16F3N5O4. The van der Waals surface area contributed by atoms with Gasteiger partial charge in [-0.15, -0.1) is 6.42 Å². The minimum atomic E-state index is -4.87. The Hall–Kier alpha value is -2.78. The molecule has 146 valence electrons. The number of imidazole rings is 1. The molecule has 3 rings (SSSR count). The van der Waals surface area contributed by atoms with E-state index < -0.39 is 41.8 Å². The Kier molecular flexibility index (Phi) is 4.52. The van der Waals surface area contributed by atoms with Gasteiger partial charge in [0.15, 0.2) is 17.3 Å². The number of hydrogen-bond donors (Lipinski definition) is 3. The highest BCUT2D eigenvalue weighted by Crippen LogP contribution is 2.39. The normalized spacial score (nSPS) is 24.2. The maximum atomic E-state index is 12.8. The summed E-state index contributed by atoms with van der Waals surface area (Å²) in [7, 11) is 0. The van der Waals surface area contributed by atoms with Crippen molar-refractivity contribution in [1.29, 1.82) is 0 Å². The number of ether oxygens (including phenoxy) is 1. The maximum Gasteiger partial charge on any atom is 0.416 e. The van der Waals surface area contributed by atoms with Gasteiger partial charge in [0.25, 0.3) is 5.56 Å². The smallest absolute Gasteiger partial charge is 0.381 e. The van der Waals surface area contributed by atoms with Crippen LogP contribution in [-0.2, 0) is 11.3 Å². The number of nitrogens with two attached hydrogens (primary N) is 1. The van der Waals surface area contributed by atoms with E-state index in [-0.39, 0.29) is 30.1 Å². The van der Waals surface area contributed by atoms with Crippen molar-refractivity contribution in [2.75, 3.05) is 5.73 Å². The molecule has 3 heterocycles. The Balaban J connectivity index is 2.15. The number of rotatable bonds is 3. The van der Waals surface area contributed by atoms with Crippen LogP contribution in [0, 0.1) is 18.3 Å². The number of alkyl halides is 3. The van der Waals surface area contributed by atoms with Crippen LogP contribution in [0.5, 0.6) is 0 Å². The summed E-state index contributed by atoms with van der Waals surface area (Å²) in [5.41, 5.74) is 3.72. The number of aromatic nitrogens is 4. The zero-order valence-corrected chi connectivity index (χ0v) is 14.0. The van der Waals surface area contributed by atoms with Gasteiger partial charge in [-0.05, 0) is 6.42 Å². The van der Waals surface area contributed by atoms with Crippen LogP contribution in [0.2, 0.25) is 0 Å². The Bertz CT molecular complexity index is 1030. The highest BCUT2D eigenvalue weighted by atomic mass is 19.4. The van der Waals surface area contributed by atoms with Gasteiger partial charge in [-0.1, -0.05) is 12.8 Å². The second-order valence-electron chi connectivity index (χ2n) is 6.33. The van der Waals surface area contributed by atoms with E-state index in [1.165, 1.54) is 0 Å². The SMILES string of the molecule is C#CCn1c(=O)n([C@@H]2O[C@H]([C@@H](O)C(F)(F)F)C[C@H]2C)c2nc(N)[nH]c(=O)c21. The zero-order valence-electron chi connectivity index (χ0n) is 14.0. The molecule has 1 aliphatic rings. The number of hydrogen-bond acceptors (Lipinski definition) is 6. The molecule has 0 unspecified atom stereocenters. The van der Waals surface area contributed by atoms with Gasteiger partial charge in [0.05, 0.1) is 12.6 Å². The molecule has 0 bridgehead atoms. The van der Waals surface area contributed by atoms with Crippen LogP contribution in [-0.4, -0.2) is 42.6 Å². The lowest BCUT2D eigenvalue weighted by atomic mass is 10.0. The third-order valence-electron chi connectivity index (χ3n) is 4.43. The third-order valence-corrected chi connectivity index (χ3v) is 4.43. The van der Waals surface area contributed by atoms with Gasteiger partial charge >= 0.3 is 11.9 Å². The molecule has 1 aliphatic heterocycles. The van der Waals surface area contributed by atoms with E-state index >= 15 is 0 Å². The standard InChI is InChI=1S/C15H16F3N5O4/c1-3-4-22-8-10(20-13(19)21-11(8)25)23(14(22)26)12-6(2)5-7(27-12)9(24)15(16,17)18/h1,6-7,9,12,24H,4-5H2,2H3,(H3,19,20,21,25)/t6-,7+,9-,12-/m1/s1. The van der Waals surface area contributed by atoms with Crippen LogP contribution >= 0.6 is 0 Å². The lowest BCUT2D eigenvalue weighted by Gasteiger charge is -2.21. The molecule has 0 aromatic carbocycles. The van der Waals surface area contributed by atoms with Crippen molar-refractivity contribution >= 4 is 17.1 Å². The number of anilines is 1. The van der Waals surface area contributed by atoms with E-state index in [2.05, 4.69) is 15.9 Å². The number of aromatic amines is 1. The lowest BCUT2D eigenvalue weighted by molar-refractivity contribution is -0.237. The minimum absolute atomic E-state index is 0.154. The Labute approximate surface area is 149 Å². The summed E-state index contributed by atoms with van der Waals surface area (Å²) in [6.07, 6.45) is -5.25. The summed E-state index contributed by atoms with van der Waals surface area (Å²) in [5.74, 6) is 1.36. The molecule has 0 spiro atoms. The topological polar surface area (TPSA) is 128 Å². The maximum absolute atomic E-state index is 12.8. The number of terminal acetylenes is 1. The van der Waals surface area contributed by atoms with Gasteiger partial charge in [-0.3, -0.25) is 14.3 Å². The van der Waals surface area contributed by atoms with E-state index in [0.29, 0.717) is 0 Å². The van der Waals surface area contributed by atoms with Crippen molar-refractivity contribution in [3.63, 3.8) is 0 Å². The van der Waals surface area contributed by atoms with Gasteiger partial charge in [0.2, 0.25) is 5.95 Å². The fraction of sp³-hybridized carbons (Fsp3) is 0.533. The van der Waals surface area contributed by atoms with Gasteiger partial charge in [-0.2, -0.15) is 18.2 Å². The Morgan fingerprint density at radius 2 is 2.19 bits per heavy atom. The number of nitrogen functional groups attached to an aromatic ring is 1. The van der Waals surface area contributed by atoms with E-state index in [9.17, 15) is 27.9 Å². The van der Waals surface area contributed by atoms with Gasteiger partial charge in [-0.25, -0.2) is 9.36 Å². The molecule has 12 heteroatoms. The van der Waals surface area contributed by atoms with E-state index in [1.807, 2.05) is 0 Å². The fourth-order valence-corrected chi connectivity index (χ4v) is 3.25. The molecule has 0 aliphatic carbocycles. The van der Waals surface area contributed by atoms with Crippen molar-refractivity contribution in [2.24, 2.45) is 5.92 Å². The first-order valence-electron chi connectivity index (χ1n) is 7.90. The summed E-state index contributed by atoms with van der Waals surface area (Å²) in [5, 5.41) is 9.47. The first-order valence-corrected chi connectivity index (χ1v) is 7.90. The van der Waals surface area contributed by atoms with Gasteiger partial charge in [0, 0.05) is 5.92 Å². The molecule has 0 saturated carbocycles. The van der Waals surface area contributed by atoms with Crippen molar-refractivity contribution in [1.82, 2.24) is 19.1 Å². The van der Waals surface area contributed by atoms with Crippen LogP contribution < -0.4 is 17.0 Å². The number of nitrogens with zero attached hydrogens (tertiary/aromatic N) is 3. The number of halogens is 3. The molecule has 2 aromatic rings. The van der Waals surface area contributed by atoms with Crippen molar-refractivity contribution in [2.45, 2.75) is 44.5 Å². The minimum Gasteiger partial charge on any atom is -0.381 e. The van der Waals surface area contributed by atoms with E-state index in [0.717, 1.165) is 9.13 Å². The molecule has 9 nitrogen and oxygen atoms in total. The molecule has 2 aromatic heterocycles. The molecular weight excluding hydrogens is 371 g/mol. The number of fused-ring (bicyclic) bond motifs is 1. The second kappa shape index (κ2) is 6.43. The largest absolute Gasteiger partial charge is 0.416 e. The third kappa shape index (κ3) is 3.08. The highest BCUT2D eigenvalue weighted by Gasteiger charge is 2.49. The van der Waals surface area contributed by atoms with Crippen molar-refractivity contribution in [3.8, 4) is 12.3 Å². The first-order chi connectivity index (χ1) is 12.6. The Morgan fingerprint density at radius 1 is 1.52 bits per heavy atom. The van der Waals surface area contributed by atoms with E-state index in [4.69, 9.17) is 16.9 Å². The van der Waals surface area contributed by atoms with Crippen LogP contribution in [0.1, 0.15) is 19.6 Å². The van der Waals surface area contributed by atoms with E-state index in [1.54, 1.807) is 6.92 Å². The first kappa shape index (κ1) is 19.0. The predicted octanol–water partition coefficient (Wildman–Crippen LogP) is -0.0515. The van der Waals surface area contributed by atoms with Gasteiger partial charge in [0.1, 0.15) is 6.23 Å². The summed E-state index contributed by atoms with van der Waals surface area (Å²) < 4.78 is 45.7. The Morgan fingerprint density at radius 3 is 2.78 bits per heavy atom. The second-order valence-corrected chi connectivity index (χ2v) is 6.33. The predicted molar refractivity (Wildman–Crippen MR) is 87.6 cm³/mol. The molecule has 0 amide bonds. The number of aliphatic hydroxyl groups excluding tert-OH is 1. The highest BCUT2D eigenvalue weighted by molar-refractivity contribution is 5.72. The van der Waals surface area contributed by atoms with Crippen molar-refractivity contribution < 1.29 is 23.0 Å². The number of aliphatic hydroxyl groups is 1. The van der Waals surface area contributed by atoms with Crippen LogP contribution in [0.3, 0.4) is 0 Å². The summed E-state index contributed by atoms with van der Waals surface area (Å²) in [6, 6.07) is 0. The molecule has 0 radical (unpaired) electrons. The average molecular weight is 387 g/mol. The fourth-order valence-electron chi connectivity index (χ4n) is 3.25. The number of nitrogens with one attached hydrogen (secondary N) is 1. The van der Waals surface area contributed by atoms with Crippen LogP contribution in [0.25, 0.3) is 11.2 Å². The lowest BCUT2D eigenvalue weighted by Crippen LogP contribution is -2.39. The molecule has 27 heavy (non-hydrogen) atoms. The summed E-state index contributed by atoms with van der Waals surface area (Å²) >= 11 is 0. The quantitative estimate of drug-likeness (QED) is 0.634. The van der Waals surface area contributed by atoms with Crippen LogP contribution in [0.15, 0.2) is 9.59 Å². The molecule has 1 saturated heterocycles. The van der Waals surface area contributed by atoms with Crippen molar-refractivity contribution in [3.05, 3.63) is 20.8 Å². The zero-order chi connectivity index (χ0) is 20.1. The summed E-state index contributed by atoms with van der Waals surface area (Å²) in [4.78, 5) is 31.2. The molecule has 4 atom stereocenters. The monoisotopic (exact) mass is 387 g/mol. The molecule has 4 N–H and O–H groups in total. The average Bonchev–Trinajstić information content (AvgIpc) is 3.04. The van der Waals surface area contributed by atoms with Crippen LogP contribution in [0.4, 0.5) is 19.1 Å². The number of H-pyrrole nitrogens is 1. The molecule has 1 fully saturated rings. The summed E-state index contributed by atoms with van der Waals surface area (Å²) in [6.45, 7) is 1.30. The van der Waals surface area contributed by atoms with Gasteiger partial charge < -0.3 is 15.6 Å².